The summed E-state index contributed by atoms with van der Waals surface area (Å²) < 4.78 is 0. The van der Waals surface area contributed by atoms with E-state index in [9.17, 15) is 9.90 Å². The minimum absolute atomic E-state index is 0.00850. The molecule has 3 aliphatic heterocycles. The van der Waals surface area contributed by atoms with E-state index in [0.29, 0.717) is 12.0 Å². The molecule has 1 saturated carbocycles. The maximum Gasteiger partial charge on any atom is 0.224 e. The van der Waals surface area contributed by atoms with E-state index in [0.717, 1.165) is 31.6 Å². The molecule has 1 spiro atoms. The van der Waals surface area contributed by atoms with Gasteiger partial charge in [0.2, 0.25) is 5.91 Å². The molecule has 1 aliphatic carbocycles. The number of hydrogen-bond acceptors (Lipinski definition) is 3. The Morgan fingerprint density at radius 2 is 2.20 bits per heavy atom. The number of allylic oxidation sites excluding steroid dienone is 1. The van der Waals surface area contributed by atoms with Crippen molar-refractivity contribution in [1.82, 2.24) is 4.90 Å². The van der Waals surface area contributed by atoms with Gasteiger partial charge in [-0.2, -0.15) is 0 Å². The van der Waals surface area contributed by atoms with Gasteiger partial charge in [-0.15, -0.1) is 0 Å². The van der Waals surface area contributed by atoms with E-state index >= 15 is 0 Å². The highest BCUT2D eigenvalue weighted by Crippen LogP contribution is 2.63. The van der Waals surface area contributed by atoms with Crippen molar-refractivity contribution in [2.45, 2.75) is 44.2 Å². The molecule has 5 rings (SSSR count). The van der Waals surface area contributed by atoms with Crippen molar-refractivity contribution in [3.63, 3.8) is 0 Å². The summed E-state index contributed by atoms with van der Waals surface area (Å²) in [4.78, 5) is 17.3. The van der Waals surface area contributed by atoms with Gasteiger partial charge in [-0.05, 0) is 43.9 Å². The molecule has 132 valence electrons. The Hall–Kier alpha value is -1.65. The summed E-state index contributed by atoms with van der Waals surface area (Å²) in [6.45, 7) is 6.06. The predicted molar refractivity (Wildman–Crippen MR) is 97.5 cm³/mol. The first-order valence-corrected chi connectivity index (χ1v) is 9.52. The number of benzene rings is 1. The van der Waals surface area contributed by atoms with Crippen LogP contribution in [-0.2, 0) is 10.2 Å². The van der Waals surface area contributed by atoms with Crippen LogP contribution in [0.15, 0.2) is 35.9 Å². The lowest BCUT2D eigenvalue weighted by atomic mass is 9.55. The van der Waals surface area contributed by atoms with Gasteiger partial charge in [-0.1, -0.05) is 29.8 Å². The second kappa shape index (κ2) is 5.18. The summed E-state index contributed by atoms with van der Waals surface area (Å²) in [7, 11) is 0. The molecule has 0 aromatic heterocycles. The van der Waals surface area contributed by atoms with Crippen molar-refractivity contribution in [3.8, 4) is 0 Å². The summed E-state index contributed by atoms with van der Waals surface area (Å²) in [5.74, 6) is 0.621. The number of anilines is 1. The van der Waals surface area contributed by atoms with Crippen LogP contribution < -0.4 is 4.90 Å². The van der Waals surface area contributed by atoms with Gasteiger partial charge in [-0.3, -0.25) is 9.69 Å². The summed E-state index contributed by atoms with van der Waals surface area (Å²) >= 11 is 0. The first kappa shape index (κ1) is 15.6. The Morgan fingerprint density at radius 3 is 2.92 bits per heavy atom. The maximum atomic E-state index is 12.7. The van der Waals surface area contributed by atoms with Gasteiger partial charge in [-0.25, -0.2) is 0 Å². The molecule has 25 heavy (non-hydrogen) atoms. The largest absolute Gasteiger partial charge is 0.396 e. The van der Waals surface area contributed by atoms with Crippen LogP contribution in [0.25, 0.3) is 0 Å². The van der Waals surface area contributed by atoms with E-state index in [1.807, 2.05) is 11.0 Å². The van der Waals surface area contributed by atoms with Crippen LogP contribution in [0.3, 0.4) is 0 Å². The van der Waals surface area contributed by atoms with Crippen molar-refractivity contribution >= 4 is 11.6 Å². The van der Waals surface area contributed by atoms with Gasteiger partial charge in [0.05, 0.1) is 6.04 Å². The highest BCUT2D eigenvalue weighted by molar-refractivity contribution is 5.96. The van der Waals surface area contributed by atoms with Crippen LogP contribution in [-0.4, -0.2) is 47.7 Å². The van der Waals surface area contributed by atoms with Gasteiger partial charge in [0.1, 0.15) is 0 Å². The first-order chi connectivity index (χ1) is 12.1. The topological polar surface area (TPSA) is 43.8 Å². The fourth-order valence-electron chi connectivity index (χ4n) is 6.69. The Kier molecular flexibility index (Phi) is 3.23. The molecule has 1 N–H and O–H groups in total. The average molecular weight is 338 g/mol. The second-order valence-electron chi connectivity index (χ2n) is 8.18. The normalized spacial score (nSPS) is 40.3. The summed E-state index contributed by atoms with van der Waals surface area (Å²) in [6, 6.07) is 9.04. The number of amides is 1. The van der Waals surface area contributed by atoms with Crippen molar-refractivity contribution < 1.29 is 9.90 Å². The number of nitrogens with zero attached hydrogens (tertiary/aromatic N) is 2. The minimum atomic E-state index is -0.00850. The third kappa shape index (κ3) is 1.72. The maximum absolute atomic E-state index is 12.7. The molecular weight excluding hydrogens is 312 g/mol. The summed E-state index contributed by atoms with van der Waals surface area (Å²) in [5, 5.41) is 10.4. The molecule has 1 aromatic rings. The van der Waals surface area contributed by atoms with Crippen LogP contribution in [0, 0.1) is 11.8 Å². The van der Waals surface area contributed by atoms with Gasteiger partial charge in [0, 0.05) is 43.1 Å². The zero-order valence-corrected chi connectivity index (χ0v) is 15.0. The number of carbonyl (C=O) groups is 1. The number of rotatable bonds is 1. The molecule has 3 fully saturated rings. The molecule has 2 saturated heterocycles. The Morgan fingerprint density at radius 1 is 1.40 bits per heavy atom. The second-order valence-corrected chi connectivity index (χ2v) is 8.18. The zero-order chi connectivity index (χ0) is 17.3. The van der Waals surface area contributed by atoms with Gasteiger partial charge >= 0.3 is 0 Å². The molecule has 4 nitrogen and oxygen atoms in total. The Balaban J connectivity index is 1.77. The molecule has 4 aliphatic rings. The molecule has 1 aromatic carbocycles. The average Bonchev–Trinajstić information content (AvgIpc) is 3.15. The lowest BCUT2D eigenvalue weighted by molar-refractivity contribution is -0.118. The molecule has 3 heterocycles. The summed E-state index contributed by atoms with van der Waals surface area (Å²) in [5.41, 5.74) is 3.86. The van der Waals surface area contributed by atoms with Gasteiger partial charge in [0.25, 0.3) is 0 Å². The zero-order valence-electron chi connectivity index (χ0n) is 15.0. The van der Waals surface area contributed by atoms with E-state index in [1.165, 1.54) is 11.1 Å². The summed E-state index contributed by atoms with van der Waals surface area (Å²) in [6.07, 6.45) is 4.44. The molecule has 5 atom stereocenters. The number of piperidine rings is 1. The van der Waals surface area contributed by atoms with Crippen molar-refractivity contribution in [2.24, 2.45) is 11.8 Å². The van der Waals surface area contributed by atoms with Crippen LogP contribution >= 0.6 is 0 Å². The Bertz CT molecular complexity index is 773. The van der Waals surface area contributed by atoms with E-state index < -0.39 is 0 Å². The van der Waals surface area contributed by atoms with Crippen LogP contribution in [0.4, 0.5) is 5.69 Å². The van der Waals surface area contributed by atoms with Crippen molar-refractivity contribution in [3.05, 3.63) is 41.5 Å². The van der Waals surface area contributed by atoms with Gasteiger partial charge in [0.15, 0.2) is 0 Å². The highest BCUT2D eigenvalue weighted by atomic mass is 16.3. The fraction of sp³-hybridized carbons (Fsp3) is 0.571. The van der Waals surface area contributed by atoms with Crippen molar-refractivity contribution in [2.75, 3.05) is 24.6 Å². The SMILES string of the molecule is C/C=C1/CN2CC[C@]34c5ccccc5N(C(C)=O)[C@H]3[C@H](CO)[C@H]1C[C@H]24. The highest BCUT2D eigenvalue weighted by Gasteiger charge is 2.67. The molecule has 2 bridgehead atoms. The number of carbonyl (C=O) groups excluding carboxylic acids is 1. The lowest BCUT2D eigenvalue weighted by Gasteiger charge is -2.56. The smallest absolute Gasteiger partial charge is 0.224 e. The number of para-hydroxylation sites is 1. The fourth-order valence-corrected chi connectivity index (χ4v) is 6.69. The molecule has 4 heteroatoms. The minimum Gasteiger partial charge on any atom is -0.396 e. The Labute approximate surface area is 149 Å². The molecular formula is C21H26N2O2. The van der Waals surface area contributed by atoms with E-state index in [-0.39, 0.29) is 29.9 Å². The van der Waals surface area contributed by atoms with Gasteiger partial charge < -0.3 is 10.0 Å². The van der Waals surface area contributed by atoms with Crippen LogP contribution in [0.1, 0.15) is 32.3 Å². The first-order valence-electron chi connectivity index (χ1n) is 9.52. The third-order valence-electron chi connectivity index (χ3n) is 7.50. The van der Waals surface area contributed by atoms with E-state index in [4.69, 9.17) is 0 Å². The molecule has 0 radical (unpaired) electrons. The number of hydrogen-bond donors (Lipinski definition) is 1. The number of aliphatic hydroxyl groups is 1. The predicted octanol–water partition coefficient (Wildman–Crippen LogP) is 2.32. The van der Waals surface area contributed by atoms with E-state index in [1.54, 1.807) is 6.92 Å². The monoisotopic (exact) mass is 338 g/mol. The van der Waals surface area contributed by atoms with E-state index in [2.05, 4.69) is 36.1 Å². The molecule has 0 unspecified atom stereocenters. The van der Waals surface area contributed by atoms with Crippen molar-refractivity contribution in [1.29, 1.82) is 0 Å². The standard InChI is InChI=1S/C21H26N2O2/c1-3-14-11-22-9-8-21-17-6-4-5-7-18(17)23(13(2)25)20(21)16(12-24)15(14)10-19(21)22/h3-7,15-16,19-20,24H,8-12H2,1-2H3/b14-3-/t15-,16+,19-,20-,21+/m0/s1. The number of fused-ring (bicyclic) bond motifs is 2. The quantitative estimate of drug-likeness (QED) is 0.799. The lowest BCUT2D eigenvalue weighted by Crippen LogP contribution is -2.65. The number of aliphatic hydroxyl groups excluding tert-OH is 1. The van der Waals surface area contributed by atoms with Crippen LogP contribution in [0.2, 0.25) is 0 Å². The third-order valence-corrected chi connectivity index (χ3v) is 7.50. The van der Waals surface area contributed by atoms with Crippen LogP contribution in [0.5, 0.6) is 0 Å². The molecule has 1 amide bonds.